The molecule has 0 spiro atoms. The molecule has 2 saturated heterocycles. The van der Waals surface area contributed by atoms with Gasteiger partial charge < -0.3 is 14.9 Å². The minimum atomic E-state index is -0.792. The first-order chi connectivity index (χ1) is 10.1. The van der Waals surface area contributed by atoms with Gasteiger partial charge in [-0.1, -0.05) is 6.42 Å². The normalized spacial score (nSPS) is 30.3. The molecule has 0 aromatic carbocycles. The third kappa shape index (κ3) is 3.15. The van der Waals surface area contributed by atoms with E-state index in [0.29, 0.717) is 32.2 Å². The molecule has 1 N–H and O–H groups in total. The minimum absolute atomic E-state index is 0.0798. The summed E-state index contributed by atoms with van der Waals surface area (Å²) in [5.41, 5.74) is 0. The number of carboxylic acid groups (broad SMARTS) is 1. The van der Waals surface area contributed by atoms with Gasteiger partial charge in [-0.3, -0.25) is 9.69 Å². The van der Waals surface area contributed by atoms with Crippen LogP contribution in [0.4, 0.5) is 4.79 Å². The van der Waals surface area contributed by atoms with Gasteiger partial charge in [-0.05, 0) is 31.6 Å². The number of piperazine rings is 1. The largest absolute Gasteiger partial charge is 0.480 e. The summed E-state index contributed by atoms with van der Waals surface area (Å²) in [4.78, 5) is 29.4. The number of likely N-dealkylation sites (tertiary alicyclic amines) is 1. The van der Waals surface area contributed by atoms with Crippen LogP contribution in [0.2, 0.25) is 0 Å². The van der Waals surface area contributed by atoms with Crippen LogP contribution in [0.15, 0.2) is 0 Å². The number of amides is 2. The number of urea groups is 1. The third-order valence-corrected chi connectivity index (χ3v) is 5.24. The fourth-order valence-corrected chi connectivity index (χ4v) is 4.16. The van der Waals surface area contributed by atoms with Crippen molar-refractivity contribution < 1.29 is 14.7 Å². The van der Waals surface area contributed by atoms with Crippen LogP contribution < -0.4 is 0 Å². The predicted octanol–water partition coefficient (Wildman–Crippen LogP) is 1.07. The van der Waals surface area contributed by atoms with Gasteiger partial charge in [0.05, 0.1) is 6.54 Å². The molecule has 6 heteroatoms. The zero-order valence-electron chi connectivity index (χ0n) is 12.5. The van der Waals surface area contributed by atoms with Gasteiger partial charge in [-0.15, -0.1) is 0 Å². The van der Waals surface area contributed by atoms with Gasteiger partial charge in [0.2, 0.25) is 0 Å². The Morgan fingerprint density at radius 1 is 0.952 bits per heavy atom. The molecule has 2 unspecified atom stereocenters. The van der Waals surface area contributed by atoms with Gasteiger partial charge in [-0.25, -0.2) is 4.79 Å². The van der Waals surface area contributed by atoms with Gasteiger partial charge in [0.1, 0.15) is 0 Å². The number of fused-ring (bicyclic) bond motifs is 1. The van der Waals surface area contributed by atoms with Crippen molar-refractivity contribution in [2.45, 2.75) is 38.1 Å². The van der Waals surface area contributed by atoms with E-state index < -0.39 is 5.97 Å². The van der Waals surface area contributed by atoms with Gasteiger partial charge in [0.25, 0.3) is 0 Å². The maximum atomic E-state index is 12.7. The van der Waals surface area contributed by atoms with Gasteiger partial charge in [0, 0.05) is 38.8 Å². The Hall–Kier alpha value is -1.30. The highest BCUT2D eigenvalue weighted by atomic mass is 16.4. The van der Waals surface area contributed by atoms with E-state index in [-0.39, 0.29) is 12.6 Å². The third-order valence-electron chi connectivity index (χ3n) is 5.24. The Bertz CT molecular complexity index is 407. The average molecular weight is 295 g/mol. The summed E-state index contributed by atoms with van der Waals surface area (Å²) in [5.74, 6) is -0.0735. The first-order valence-electron chi connectivity index (χ1n) is 8.15. The van der Waals surface area contributed by atoms with E-state index >= 15 is 0 Å². The number of nitrogens with zero attached hydrogens (tertiary/aromatic N) is 3. The summed E-state index contributed by atoms with van der Waals surface area (Å²) in [6.45, 7) is 3.62. The van der Waals surface area contributed by atoms with Crippen LogP contribution in [0.3, 0.4) is 0 Å². The lowest BCUT2D eigenvalue weighted by Crippen LogP contribution is -2.57. The second-order valence-corrected chi connectivity index (χ2v) is 6.53. The van der Waals surface area contributed by atoms with E-state index in [1.807, 2.05) is 9.80 Å². The fraction of sp³-hybridized carbons (Fsp3) is 0.867. The van der Waals surface area contributed by atoms with E-state index in [9.17, 15) is 9.59 Å². The van der Waals surface area contributed by atoms with Crippen LogP contribution >= 0.6 is 0 Å². The maximum Gasteiger partial charge on any atom is 0.320 e. The summed E-state index contributed by atoms with van der Waals surface area (Å²) < 4.78 is 0. The highest BCUT2D eigenvalue weighted by molar-refractivity contribution is 5.75. The predicted molar refractivity (Wildman–Crippen MR) is 78.1 cm³/mol. The van der Waals surface area contributed by atoms with E-state index in [1.165, 1.54) is 19.3 Å². The standard InChI is InChI=1S/C15H25N3O3/c19-14(20)11-16-7-9-17(10-8-16)15(21)18-6-2-4-12-3-1-5-13(12)18/h12-13H,1-11H2,(H,19,20). The molecule has 2 heterocycles. The molecular formula is C15H25N3O3. The highest BCUT2D eigenvalue weighted by Crippen LogP contribution is 2.37. The number of rotatable bonds is 2. The number of carboxylic acids is 1. The molecule has 6 nitrogen and oxygen atoms in total. The van der Waals surface area contributed by atoms with Crippen molar-refractivity contribution in [3.8, 4) is 0 Å². The number of carbonyl (C=O) groups is 2. The molecule has 21 heavy (non-hydrogen) atoms. The van der Waals surface area contributed by atoms with E-state index in [2.05, 4.69) is 4.90 Å². The first-order valence-corrected chi connectivity index (χ1v) is 8.15. The second-order valence-electron chi connectivity index (χ2n) is 6.53. The Balaban J connectivity index is 1.55. The molecule has 0 bridgehead atoms. The quantitative estimate of drug-likeness (QED) is 0.828. The molecule has 118 valence electrons. The first kappa shape index (κ1) is 14.6. The summed E-state index contributed by atoms with van der Waals surface area (Å²) in [7, 11) is 0. The fourth-order valence-electron chi connectivity index (χ4n) is 4.16. The molecule has 1 saturated carbocycles. The lowest BCUT2D eigenvalue weighted by molar-refractivity contribution is -0.138. The van der Waals surface area contributed by atoms with Gasteiger partial charge in [0.15, 0.2) is 0 Å². The molecule has 1 aliphatic carbocycles. The smallest absolute Gasteiger partial charge is 0.320 e. The Labute approximate surface area is 125 Å². The molecule has 3 rings (SSSR count). The van der Waals surface area contributed by atoms with E-state index in [1.54, 1.807) is 0 Å². The van der Waals surface area contributed by atoms with Crippen LogP contribution in [0, 0.1) is 5.92 Å². The molecule has 3 aliphatic rings. The Morgan fingerprint density at radius 2 is 1.67 bits per heavy atom. The SMILES string of the molecule is O=C(O)CN1CCN(C(=O)N2CCCC3CCCC32)CC1. The van der Waals surface area contributed by atoms with Crippen molar-refractivity contribution in [3.63, 3.8) is 0 Å². The molecule has 0 radical (unpaired) electrons. The Kier molecular flexibility index (Phi) is 4.33. The van der Waals surface area contributed by atoms with Crippen LogP contribution in [0.25, 0.3) is 0 Å². The minimum Gasteiger partial charge on any atom is -0.480 e. The zero-order valence-corrected chi connectivity index (χ0v) is 12.5. The molecule has 2 atom stereocenters. The maximum absolute atomic E-state index is 12.7. The molecule has 0 aromatic rings. The summed E-state index contributed by atoms with van der Waals surface area (Å²) in [5, 5.41) is 8.82. The van der Waals surface area contributed by atoms with Crippen molar-refractivity contribution in [2.24, 2.45) is 5.92 Å². The number of carbonyl (C=O) groups excluding carboxylic acids is 1. The lowest BCUT2D eigenvalue weighted by Gasteiger charge is -2.42. The van der Waals surface area contributed by atoms with Crippen molar-refractivity contribution >= 4 is 12.0 Å². The van der Waals surface area contributed by atoms with Crippen LogP contribution in [-0.2, 0) is 4.79 Å². The highest BCUT2D eigenvalue weighted by Gasteiger charge is 2.39. The number of piperidine rings is 1. The molecule has 2 amide bonds. The zero-order chi connectivity index (χ0) is 14.8. The number of hydrogen-bond acceptors (Lipinski definition) is 3. The number of hydrogen-bond donors (Lipinski definition) is 1. The molecular weight excluding hydrogens is 270 g/mol. The van der Waals surface area contributed by atoms with Crippen molar-refractivity contribution in [3.05, 3.63) is 0 Å². The second kappa shape index (κ2) is 6.22. The lowest BCUT2D eigenvalue weighted by atomic mass is 9.92. The summed E-state index contributed by atoms with van der Waals surface area (Å²) >= 11 is 0. The molecule has 2 aliphatic heterocycles. The molecule has 0 aromatic heterocycles. The Morgan fingerprint density at radius 3 is 2.38 bits per heavy atom. The van der Waals surface area contributed by atoms with Crippen LogP contribution in [0.5, 0.6) is 0 Å². The van der Waals surface area contributed by atoms with Gasteiger partial charge in [-0.2, -0.15) is 0 Å². The molecule has 3 fully saturated rings. The van der Waals surface area contributed by atoms with E-state index in [0.717, 1.165) is 25.3 Å². The average Bonchev–Trinajstić information content (AvgIpc) is 2.95. The topological polar surface area (TPSA) is 64.1 Å². The monoisotopic (exact) mass is 295 g/mol. The van der Waals surface area contributed by atoms with Gasteiger partial charge >= 0.3 is 12.0 Å². The van der Waals surface area contributed by atoms with Crippen molar-refractivity contribution in [1.29, 1.82) is 0 Å². The van der Waals surface area contributed by atoms with Crippen molar-refractivity contribution in [1.82, 2.24) is 14.7 Å². The van der Waals surface area contributed by atoms with Crippen LogP contribution in [0.1, 0.15) is 32.1 Å². The summed E-state index contributed by atoms with van der Waals surface area (Å²) in [6.07, 6.45) is 6.11. The van der Waals surface area contributed by atoms with Crippen LogP contribution in [-0.4, -0.2) is 77.1 Å². The van der Waals surface area contributed by atoms with Crippen molar-refractivity contribution in [2.75, 3.05) is 39.3 Å². The number of aliphatic carboxylic acids is 1. The van der Waals surface area contributed by atoms with E-state index in [4.69, 9.17) is 5.11 Å². The summed E-state index contributed by atoms with van der Waals surface area (Å²) in [6, 6.07) is 0.643.